The van der Waals surface area contributed by atoms with Gasteiger partial charge in [-0.05, 0) is 31.2 Å². The minimum atomic E-state index is -4.48. The third-order valence-corrected chi connectivity index (χ3v) is 7.13. The molecule has 1 aromatic rings. The molecular weight excluding hydrogens is 429 g/mol. The molecule has 1 aliphatic carbocycles. The first kappa shape index (κ1) is 21.3. The van der Waals surface area contributed by atoms with Gasteiger partial charge in [-0.3, -0.25) is 9.59 Å². The lowest BCUT2D eigenvalue weighted by Gasteiger charge is -2.60. The number of fused-ring (bicyclic) bond motifs is 1. The summed E-state index contributed by atoms with van der Waals surface area (Å²) in [6, 6.07) is 1.54. The molecule has 2 atom stereocenters. The maximum Gasteiger partial charge on any atom is 0.417 e. The van der Waals surface area contributed by atoms with Crippen LogP contribution in [0.3, 0.4) is 0 Å². The zero-order chi connectivity index (χ0) is 22.7. The van der Waals surface area contributed by atoms with E-state index in [0.29, 0.717) is 32.6 Å². The molecule has 3 saturated heterocycles. The predicted octanol–water partition coefficient (Wildman–Crippen LogP) is 1.29. The van der Waals surface area contributed by atoms with Gasteiger partial charge in [0.1, 0.15) is 6.61 Å². The Hall–Kier alpha value is -2.56. The summed E-state index contributed by atoms with van der Waals surface area (Å²) in [7, 11) is 0. The summed E-state index contributed by atoms with van der Waals surface area (Å²) < 4.78 is 45.4. The number of urea groups is 1. The van der Waals surface area contributed by atoms with Crippen molar-refractivity contribution in [2.24, 2.45) is 11.3 Å². The van der Waals surface area contributed by atoms with Crippen molar-refractivity contribution < 1.29 is 27.5 Å². The molecule has 3 aliphatic heterocycles. The number of nitrogens with zero attached hydrogens (tertiary/aromatic N) is 3. The maximum atomic E-state index is 12.9. The molecule has 4 heterocycles. The molecule has 1 saturated carbocycles. The van der Waals surface area contributed by atoms with Crippen LogP contribution in [0.1, 0.15) is 24.8 Å². The normalized spacial score (nSPS) is 27.4. The summed E-state index contributed by atoms with van der Waals surface area (Å²) in [6.07, 6.45) is -1.38. The number of nitrogens with one attached hydrogen (secondary N) is 1. The average molecular weight is 454 g/mol. The predicted molar refractivity (Wildman–Crippen MR) is 106 cm³/mol. The van der Waals surface area contributed by atoms with Gasteiger partial charge in [0.05, 0.1) is 17.7 Å². The Kier molecular flexibility index (Phi) is 4.99. The molecule has 4 fully saturated rings. The molecule has 1 aromatic heterocycles. The van der Waals surface area contributed by atoms with Gasteiger partial charge in [0.15, 0.2) is 0 Å². The summed E-state index contributed by atoms with van der Waals surface area (Å²) in [6.45, 7) is 2.58. The number of pyridine rings is 1. The zero-order valence-corrected chi connectivity index (χ0v) is 17.4. The third kappa shape index (κ3) is 3.87. The van der Waals surface area contributed by atoms with E-state index in [4.69, 9.17) is 4.74 Å². The lowest BCUT2D eigenvalue weighted by molar-refractivity contribution is -0.140. The number of alkyl halides is 3. The number of aromatic nitrogens is 1. The number of likely N-dealkylation sites (tertiary alicyclic amines) is 2. The van der Waals surface area contributed by atoms with Gasteiger partial charge in [-0.1, -0.05) is 0 Å². The Labute approximate surface area is 182 Å². The fourth-order valence-electron chi connectivity index (χ4n) is 5.64. The van der Waals surface area contributed by atoms with Crippen molar-refractivity contribution in [2.75, 3.05) is 32.8 Å². The number of rotatable bonds is 2. The smallest absolute Gasteiger partial charge is 0.366 e. The lowest BCUT2D eigenvalue weighted by Crippen LogP contribution is -2.68. The van der Waals surface area contributed by atoms with Crippen molar-refractivity contribution in [3.05, 3.63) is 34.2 Å². The highest BCUT2D eigenvalue weighted by Gasteiger charge is 2.54. The molecule has 0 radical (unpaired) electrons. The Morgan fingerprint density at radius 1 is 1.19 bits per heavy atom. The van der Waals surface area contributed by atoms with Crippen LogP contribution >= 0.6 is 0 Å². The van der Waals surface area contributed by atoms with Gasteiger partial charge in [0.2, 0.25) is 5.91 Å². The fourth-order valence-corrected chi connectivity index (χ4v) is 5.64. The van der Waals surface area contributed by atoms with E-state index in [-0.39, 0.29) is 48.6 Å². The van der Waals surface area contributed by atoms with Crippen molar-refractivity contribution in [1.82, 2.24) is 19.7 Å². The number of amides is 3. The first-order valence-electron chi connectivity index (χ1n) is 10.8. The number of carbonyl (C=O) groups is 2. The highest BCUT2D eigenvalue weighted by Crippen LogP contribution is 2.52. The Balaban J connectivity index is 1.12. The molecule has 174 valence electrons. The van der Waals surface area contributed by atoms with Gasteiger partial charge < -0.3 is 24.4 Å². The highest BCUT2D eigenvalue weighted by molar-refractivity contribution is 5.79. The minimum Gasteiger partial charge on any atom is -0.366 e. The van der Waals surface area contributed by atoms with Crippen LogP contribution in [-0.2, 0) is 22.3 Å². The number of hydrogen-bond acceptors (Lipinski definition) is 4. The minimum absolute atomic E-state index is 0.00601. The monoisotopic (exact) mass is 454 g/mol. The summed E-state index contributed by atoms with van der Waals surface area (Å²) in [5.41, 5.74) is -1.26. The molecule has 3 amide bonds. The molecule has 1 N–H and O–H groups in total. The summed E-state index contributed by atoms with van der Waals surface area (Å²) >= 11 is 0. The SMILES string of the molecule is O=C1CO[C@H]2CCN(C(=O)N3CC4(CC(Cn5cc(C(F)(F)F)ccc5=O)C4)C3)C[C@H]2N1. The van der Waals surface area contributed by atoms with Crippen molar-refractivity contribution in [1.29, 1.82) is 0 Å². The number of hydrogen-bond donors (Lipinski definition) is 1. The third-order valence-electron chi connectivity index (χ3n) is 7.13. The van der Waals surface area contributed by atoms with Crippen molar-refractivity contribution in [3.8, 4) is 0 Å². The standard InChI is InChI=1S/C21H25F3N4O4/c22-21(23,24)14-1-2-18(30)27(8-14)7-13-5-20(6-13)11-28(12-20)19(31)26-4-3-16-15(9-26)25-17(29)10-32-16/h1-2,8,13,15-16H,3-7,9-12H2,(H,25,29)/t15-,16+/m1/s1. The second kappa shape index (κ2) is 7.50. The van der Waals surface area contributed by atoms with E-state index in [2.05, 4.69) is 5.32 Å². The van der Waals surface area contributed by atoms with Crippen LogP contribution < -0.4 is 10.9 Å². The molecule has 11 heteroatoms. The maximum absolute atomic E-state index is 12.9. The molecular formula is C21H25F3N4O4. The van der Waals surface area contributed by atoms with E-state index in [1.165, 1.54) is 0 Å². The second-order valence-electron chi connectivity index (χ2n) is 9.58. The van der Waals surface area contributed by atoms with Crippen LogP contribution in [0, 0.1) is 11.3 Å². The molecule has 5 rings (SSSR count). The lowest BCUT2D eigenvalue weighted by atomic mass is 9.57. The molecule has 1 spiro atoms. The highest BCUT2D eigenvalue weighted by atomic mass is 19.4. The topological polar surface area (TPSA) is 83.9 Å². The van der Waals surface area contributed by atoms with Crippen molar-refractivity contribution >= 4 is 11.9 Å². The van der Waals surface area contributed by atoms with Gasteiger partial charge in [0.25, 0.3) is 5.56 Å². The van der Waals surface area contributed by atoms with Gasteiger partial charge in [-0.2, -0.15) is 13.2 Å². The van der Waals surface area contributed by atoms with Crippen LogP contribution in [0.5, 0.6) is 0 Å². The molecule has 0 unspecified atom stereocenters. The van der Waals surface area contributed by atoms with Gasteiger partial charge >= 0.3 is 12.2 Å². The summed E-state index contributed by atoms with van der Waals surface area (Å²) in [5, 5.41) is 2.89. The first-order valence-corrected chi connectivity index (χ1v) is 10.8. The van der Waals surface area contributed by atoms with Gasteiger partial charge in [-0.15, -0.1) is 0 Å². The number of piperidine rings is 1. The van der Waals surface area contributed by atoms with E-state index >= 15 is 0 Å². The van der Waals surface area contributed by atoms with Gasteiger partial charge in [0, 0.05) is 50.4 Å². The first-order chi connectivity index (χ1) is 15.1. The molecule has 32 heavy (non-hydrogen) atoms. The zero-order valence-electron chi connectivity index (χ0n) is 17.4. The van der Waals surface area contributed by atoms with Crippen LogP contribution in [0.25, 0.3) is 0 Å². The van der Waals surface area contributed by atoms with E-state index < -0.39 is 17.3 Å². The second-order valence-corrected chi connectivity index (χ2v) is 9.58. The Morgan fingerprint density at radius 3 is 2.66 bits per heavy atom. The molecule has 0 aromatic carbocycles. The van der Waals surface area contributed by atoms with E-state index in [0.717, 1.165) is 35.7 Å². The van der Waals surface area contributed by atoms with E-state index in [1.807, 2.05) is 0 Å². The van der Waals surface area contributed by atoms with Crippen LogP contribution in [-0.4, -0.2) is 71.2 Å². The van der Waals surface area contributed by atoms with Crippen LogP contribution in [0.15, 0.2) is 23.1 Å². The van der Waals surface area contributed by atoms with Crippen molar-refractivity contribution in [2.45, 2.75) is 44.1 Å². The fraction of sp³-hybridized carbons (Fsp3) is 0.667. The number of carbonyl (C=O) groups excluding carboxylic acids is 2. The molecule has 8 nitrogen and oxygen atoms in total. The van der Waals surface area contributed by atoms with Crippen LogP contribution in [0.2, 0.25) is 0 Å². The van der Waals surface area contributed by atoms with E-state index in [1.54, 1.807) is 9.80 Å². The summed E-state index contributed by atoms with van der Waals surface area (Å²) in [5.74, 6) is -0.0392. The largest absolute Gasteiger partial charge is 0.417 e. The average Bonchev–Trinajstić information content (AvgIpc) is 2.68. The number of ether oxygens (including phenoxy) is 1. The number of halogens is 3. The molecule has 0 bridgehead atoms. The summed E-state index contributed by atoms with van der Waals surface area (Å²) in [4.78, 5) is 39.9. The van der Waals surface area contributed by atoms with Crippen LogP contribution in [0.4, 0.5) is 18.0 Å². The Bertz CT molecular complexity index is 980. The van der Waals surface area contributed by atoms with E-state index in [9.17, 15) is 27.6 Å². The Morgan fingerprint density at radius 2 is 1.94 bits per heavy atom. The molecule has 4 aliphatic rings. The van der Waals surface area contributed by atoms with Crippen molar-refractivity contribution in [3.63, 3.8) is 0 Å². The van der Waals surface area contributed by atoms with Gasteiger partial charge in [-0.25, -0.2) is 4.79 Å². The number of morpholine rings is 1. The quantitative estimate of drug-likeness (QED) is 0.730.